The maximum Gasteiger partial charge on any atom is 0.146 e. The molecule has 0 aromatic carbocycles. The molecule has 0 bridgehead atoms. The SMILES string of the molecule is CC(=O)C(C)N(C)C(C)C(C)C. The van der Waals surface area contributed by atoms with Crippen molar-refractivity contribution in [3.8, 4) is 0 Å². The molecule has 0 radical (unpaired) electrons. The molecule has 0 saturated carbocycles. The Labute approximate surface area is 75.9 Å². The normalized spacial score (nSPS) is 16.7. The molecular formula is C10H21NO. The smallest absolute Gasteiger partial charge is 0.146 e. The molecule has 2 nitrogen and oxygen atoms in total. The maximum absolute atomic E-state index is 11.1. The molecule has 0 spiro atoms. The van der Waals surface area contributed by atoms with Crippen molar-refractivity contribution >= 4 is 5.78 Å². The number of hydrogen-bond acceptors (Lipinski definition) is 2. The summed E-state index contributed by atoms with van der Waals surface area (Å²) in [5.74, 6) is 0.835. The van der Waals surface area contributed by atoms with E-state index >= 15 is 0 Å². The summed E-state index contributed by atoms with van der Waals surface area (Å²) in [4.78, 5) is 13.2. The van der Waals surface area contributed by atoms with Crippen molar-refractivity contribution in [2.75, 3.05) is 7.05 Å². The van der Waals surface area contributed by atoms with Gasteiger partial charge in [-0.15, -0.1) is 0 Å². The third kappa shape index (κ3) is 2.94. The Morgan fingerprint density at radius 2 is 1.58 bits per heavy atom. The van der Waals surface area contributed by atoms with Gasteiger partial charge in [0.2, 0.25) is 0 Å². The fraction of sp³-hybridized carbons (Fsp3) is 0.900. The Bertz CT molecular complexity index is 154. The number of rotatable bonds is 4. The molecule has 0 fully saturated rings. The second-order valence-electron chi connectivity index (χ2n) is 3.94. The number of carbonyl (C=O) groups is 1. The fourth-order valence-corrected chi connectivity index (χ4v) is 1.11. The molecule has 0 aromatic rings. The molecule has 0 heterocycles. The number of Topliss-reactive ketones (excluding diaryl/α,β-unsaturated/α-hetero) is 1. The summed E-state index contributed by atoms with van der Waals surface area (Å²) >= 11 is 0. The third-order valence-corrected chi connectivity index (χ3v) is 2.81. The van der Waals surface area contributed by atoms with Gasteiger partial charge in [0.25, 0.3) is 0 Å². The highest BCUT2D eigenvalue weighted by Crippen LogP contribution is 2.11. The highest BCUT2D eigenvalue weighted by atomic mass is 16.1. The van der Waals surface area contributed by atoms with E-state index in [1.807, 2.05) is 14.0 Å². The Balaban J connectivity index is 4.18. The van der Waals surface area contributed by atoms with Gasteiger partial charge in [-0.05, 0) is 33.7 Å². The summed E-state index contributed by atoms with van der Waals surface area (Å²) in [5, 5.41) is 0. The van der Waals surface area contributed by atoms with Gasteiger partial charge in [-0.3, -0.25) is 9.69 Å². The van der Waals surface area contributed by atoms with E-state index in [0.717, 1.165) is 0 Å². The number of carbonyl (C=O) groups excluding carboxylic acids is 1. The molecule has 12 heavy (non-hydrogen) atoms. The van der Waals surface area contributed by atoms with E-state index in [0.29, 0.717) is 12.0 Å². The highest BCUT2D eigenvalue weighted by molar-refractivity contribution is 5.80. The first kappa shape index (κ1) is 11.6. The lowest BCUT2D eigenvalue weighted by atomic mass is 10.0. The topological polar surface area (TPSA) is 20.3 Å². The summed E-state index contributed by atoms with van der Waals surface area (Å²) in [5.41, 5.74) is 0. The summed E-state index contributed by atoms with van der Waals surface area (Å²) in [6, 6.07) is 0.506. The van der Waals surface area contributed by atoms with Crippen LogP contribution in [0.3, 0.4) is 0 Å². The number of hydrogen-bond donors (Lipinski definition) is 0. The molecule has 72 valence electrons. The first-order chi connectivity index (χ1) is 5.37. The zero-order valence-corrected chi connectivity index (χ0v) is 9.09. The van der Waals surface area contributed by atoms with Crippen LogP contribution in [0.2, 0.25) is 0 Å². The first-order valence-electron chi connectivity index (χ1n) is 4.60. The lowest BCUT2D eigenvalue weighted by Crippen LogP contribution is -2.43. The monoisotopic (exact) mass is 171 g/mol. The standard InChI is InChI=1S/C10H21NO/c1-7(2)8(3)11(6)9(4)10(5)12/h7-9H,1-6H3. The van der Waals surface area contributed by atoms with Crippen molar-refractivity contribution in [3.05, 3.63) is 0 Å². The molecule has 0 amide bonds. The maximum atomic E-state index is 11.1. The van der Waals surface area contributed by atoms with Crippen LogP contribution in [-0.4, -0.2) is 29.8 Å². The van der Waals surface area contributed by atoms with Crippen LogP contribution in [0.4, 0.5) is 0 Å². The lowest BCUT2D eigenvalue weighted by Gasteiger charge is -2.31. The number of likely N-dealkylation sites (N-methyl/N-ethyl adjacent to an activating group) is 1. The van der Waals surface area contributed by atoms with Crippen LogP contribution >= 0.6 is 0 Å². The quantitative estimate of drug-likeness (QED) is 0.644. The van der Waals surface area contributed by atoms with Crippen LogP contribution in [0.25, 0.3) is 0 Å². The van der Waals surface area contributed by atoms with Gasteiger partial charge < -0.3 is 0 Å². The van der Waals surface area contributed by atoms with E-state index in [1.165, 1.54) is 0 Å². The zero-order chi connectivity index (χ0) is 9.89. The van der Waals surface area contributed by atoms with E-state index in [2.05, 4.69) is 25.7 Å². The average Bonchev–Trinajstić information content (AvgIpc) is 2.00. The second kappa shape index (κ2) is 4.61. The molecule has 0 saturated heterocycles. The van der Waals surface area contributed by atoms with Crippen molar-refractivity contribution in [1.82, 2.24) is 4.90 Å². The van der Waals surface area contributed by atoms with Crippen molar-refractivity contribution in [2.24, 2.45) is 5.92 Å². The molecule has 2 unspecified atom stereocenters. The molecule has 0 N–H and O–H groups in total. The van der Waals surface area contributed by atoms with E-state index in [1.54, 1.807) is 6.92 Å². The predicted octanol–water partition coefficient (Wildman–Crippen LogP) is 1.94. The molecule has 2 heteroatoms. The Kier molecular flexibility index (Phi) is 4.46. The number of ketones is 1. The molecule has 0 aliphatic rings. The van der Waals surface area contributed by atoms with Crippen LogP contribution in [0.5, 0.6) is 0 Å². The van der Waals surface area contributed by atoms with Gasteiger partial charge >= 0.3 is 0 Å². The predicted molar refractivity (Wildman–Crippen MR) is 52.2 cm³/mol. The average molecular weight is 171 g/mol. The minimum atomic E-state index is 0.0439. The van der Waals surface area contributed by atoms with Crippen molar-refractivity contribution in [1.29, 1.82) is 0 Å². The lowest BCUT2D eigenvalue weighted by molar-refractivity contribution is -0.122. The summed E-state index contributed by atoms with van der Waals surface area (Å²) in [6.07, 6.45) is 0. The van der Waals surface area contributed by atoms with Crippen LogP contribution < -0.4 is 0 Å². The van der Waals surface area contributed by atoms with E-state index in [4.69, 9.17) is 0 Å². The minimum Gasteiger partial charge on any atom is -0.298 e. The third-order valence-electron chi connectivity index (χ3n) is 2.81. The molecule has 2 atom stereocenters. The van der Waals surface area contributed by atoms with E-state index in [-0.39, 0.29) is 11.8 Å². The van der Waals surface area contributed by atoms with Crippen LogP contribution in [0.15, 0.2) is 0 Å². The van der Waals surface area contributed by atoms with Crippen molar-refractivity contribution in [2.45, 2.75) is 46.7 Å². The van der Waals surface area contributed by atoms with Gasteiger partial charge in [0.1, 0.15) is 5.78 Å². The molecular weight excluding hydrogens is 150 g/mol. The van der Waals surface area contributed by atoms with Gasteiger partial charge in [0, 0.05) is 6.04 Å². The largest absolute Gasteiger partial charge is 0.298 e. The minimum absolute atomic E-state index is 0.0439. The van der Waals surface area contributed by atoms with Crippen LogP contribution in [0, 0.1) is 5.92 Å². The van der Waals surface area contributed by atoms with Gasteiger partial charge in [-0.2, -0.15) is 0 Å². The molecule has 0 rings (SSSR count). The van der Waals surface area contributed by atoms with Gasteiger partial charge in [0.15, 0.2) is 0 Å². The molecule has 0 aliphatic carbocycles. The highest BCUT2D eigenvalue weighted by Gasteiger charge is 2.20. The van der Waals surface area contributed by atoms with Crippen molar-refractivity contribution in [3.63, 3.8) is 0 Å². The Morgan fingerprint density at radius 3 is 1.83 bits per heavy atom. The van der Waals surface area contributed by atoms with Crippen LogP contribution in [0.1, 0.15) is 34.6 Å². The summed E-state index contributed by atoms with van der Waals surface area (Å²) in [7, 11) is 2.01. The van der Waals surface area contributed by atoms with Gasteiger partial charge in [0.05, 0.1) is 6.04 Å². The van der Waals surface area contributed by atoms with Crippen LogP contribution in [-0.2, 0) is 4.79 Å². The first-order valence-corrected chi connectivity index (χ1v) is 4.60. The summed E-state index contributed by atoms with van der Waals surface area (Å²) < 4.78 is 0. The Morgan fingerprint density at radius 1 is 1.17 bits per heavy atom. The molecule has 0 aromatic heterocycles. The van der Waals surface area contributed by atoms with Gasteiger partial charge in [-0.25, -0.2) is 0 Å². The van der Waals surface area contributed by atoms with Crippen molar-refractivity contribution < 1.29 is 4.79 Å². The number of nitrogens with zero attached hydrogens (tertiary/aromatic N) is 1. The van der Waals surface area contributed by atoms with E-state index < -0.39 is 0 Å². The summed E-state index contributed by atoms with van der Waals surface area (Å²) in [6.45, 7) is 10.1. The molecule has 0 aliphatic heterocycles. The zero-order valence-electron chi connectivity index (χ0n) is 9.09. The van der Waals surface area contributed by atoms with E-state index in [9.17, 15) is 4.79 Å². The second-order valence-corrected chi connectivity index (χ2v) is 3.94. The van der Waals surface area contributed by atoms with Gasteiger partial charge in [-0.1, -0.05) is 13.8 Å². The fourth-order valence-electron chi connectivity index (χ4n) is 1.11. The Hall–Kier alpha value is -0.370.